The second-order valence-electron chi connectivity index (χ2n) is 8.33. The van der Waals surface area contributed by atoms with Crippen LogP contribution in [0.15, 0.2) is 71.2 Å². The molecule has 2 N–H and O–H groups in total. The molecule has 0 aliphatic rings. The summed E-state index contributed by atoms with van der Waals surface area (Å²) in [6, 6.07) is 13.3. The fourth-order valence-corrected chi connectivity index (χ4v) is 3.89. The predicted molar refractivity (Wildman–Crippen MR) is 154 cm³/mol. The zero-order valence-corrected chi connectivity index (χ0v) is 23.3. The van der Waals surface area contributed by atoms with Crippen LogP contribution in [0.5, 0.6) is 5.75 Å². The lowest BCUT2D eigenvalue weighted by Gasteiger charge is -2.16. The summed E-state index contributed by atoms with van der Waals surface area (Å²) >= 11 is 3.48. The molecule has 0 fully saturated rings. The number of likely N-dealkylation sites (N-methyl/N-ethyl adjacent to an activating group) is 1. The van der Waals surface area contributed by atoms with Gasteiger partial charge in [-0.1, -0.05) is 40.2 Å². The minimum absolute atomic E-state index is 0.169. The van der Waals surface area contributed by atoms with Crippen molar-refractivity contribution in [2.75, 3.05) is 44.0 Å². The lowest BCUT2D eigenvalue weighted by molar-refractivity contribution is -0.144. The van der Waals surface area contributed by atoms with Crippen LogP contribution >= 0.6 is 15.9 Å². The minimum Gasteiger partial charge on any atom is -0.493 e. The number of nitrogens with one attached hydrogen (secondary N) is 2. The van der Waals surface area contributed by atoms with E-state index >= 15 is 0 Å². The van der Waals surface area contributed by atoms with Crippen molar-refractivity contribution in [2.24, 2.45) is 0 Å². The van der Waals surface area contributed by atoms with E-state index in [2.05, 4.69) is 36.5 Å². The van der Waals surface area contributed by atoms with Crippen LogP contribution in [0.25, 0.3) is 10.9 Å². The second-order valence-corrected chi connectivity index (χ2v) is 9.24. The van der Waals surface area contributed by atoms with Crippen molar-refractivity contribution in [1.29, 1.82) is 0 Å². The number of nitrogens with zero attached hydrogens (tertiary/aromatic N) is 3. The van der Waals surface area contributed by atoms with Gasteiger partial charge >= 0.3 is 5.97 Å². The Morgan fingerprint density at radius 3 is 2.74 bits per heavy atom. The molecule has 0 spiro atoms. The fourth-order valence-electron chi connectivity index (χ4n) is 3.49. The Morgan fingerprint density at radius 2 is 1.97 bits per heavy atom. The number of esters is 1. The minimum atomic E-state index is -0.338. The van der Waals surface area contributed by atoms with Crippen LogP contribution in [0.3, 0.4) is 0 Å². The third kappa shape index (κ3) is 9.28. The third-order valence-corrected chi connectivity index (χ3v) is 5.69. The highest BCUT2D eigenvalue weighted by molar-refractivity contribution is 9.10. The molecule has 1 aromatic heterocycles. The van der Waals surface area contributed by atoms with Crippen molar-refractivity contribution < 1.29 is 19.1 Å². The van der Waals surface area contributed by atoms with E-state index in [-0.39, 0.29) is 24.4 Å². The number of halogens is 1. The molecule has 2 aromatic carbocycles. The molecule has 3 aromatic rings. The molecule has 0 saturated heterocycles. The molecule has 0 bridgehead atoms. The van der Waals surface area contributed by atoms with Gasteiger partial charge in [0.25, 0.3) is 5.91 Å². The molecule has 0 aliphatic carbocycles. The van der Waals surface area contributed by atoms with E-state index in [4.69, 9.17) is 9.47 Å². The van der Waals surface area contributed by atoms with Gasteiger partial charge in [-0.3, -0.25) is 19.8 Å². The van der Waals surface area contributed by atoms with Gasteiger partial charge in [-0.05, 0) is 57.6 Å². The van der Waals surface area contributed by atoms with E-state index in [0.29, 0.717) is 36.8 Å². The van der Waals surface area contributed by atoms with E-state index in [1.807, 2.05) is 67.4 Å². The van der Waals surface area contributed by atoms with Gasteiger partial charge in [0.15, 0.2) is 0 Å². The van der Waals surface area contributed by atoms with Crippen molar-refractivity contribution in [3.63, 3.8) is 0 Å². The lowest BCUT2D eigenvalue weighted by Crippen LogP contribution is -2.29. The number of benzene rings is 2. The van der Waals surface area contributed by atoms with Gasteiger partial charge < -0.3 is 14.8 Å². The van der Waals surface area contributed by atoms with E-state index < -0.39 is 0 Å². The lowest BCUT2D eigenvalue weighted by atomic mass is 10.2. The van der Waals surface area contributed by atoms with Crippen LogP contribution in [-0.4, -0.2) is 60.1 Å². The van der Waals surface area contributed by atoms with Gasteiger partial charge in [0.2, 0.25) is 5.95 Å². The quantitative estimate of drug-likeness (QED) is 0.118. The van der Waals surface area contributed by atoms with E-state index in [9.17, 15) is 9.59 Å². The van der Waals surface area contributed by atoms with Gasteiger partial charge in [0.1, 0.15) is 11.6 Å². The maximum absolute atomic E-state index is 12.3. The molecule has 3 rings (SSSR count). The largest absolute Gasteiger partial charge is 0.493 e. The zero-order valence-electron chi connectivity index (χ0n) is 21.7. The number of allylic oxidation sites excluding steroid dienone is 3. The summed E-state index contributed by atoms with van der Waals surface area (Å²) in [6.07, 6.45) is 7.38. The predicted octanol–water partition coefficient (Wildman–Crippen LogP) is 5.47. The molecule has 10 heteroatoms. The average Bonchev–Trinajstić information content (AvgIpc) is 2.87. The number of hydrogen-bond donors (Lipinski definition) is 2. The first kappa shape index (κ1) is 28.8. The Bertz CT molecular complexity index is 1310. The van der Waals surface area contributed by atoms with Crippen LogP contribution < -0.4 is 15.4 Å². The number of rotatable bonds is 13. The molecule has 0 radical (unpaired) electrons. The summed E-state index contributed by atoms with van der Waals surface area (Å²) in [5, 5.41) is 6.81. The first-order valence-corrected chi connectivity index (χ1v) is 13.1. The summed E-state index contributed by atoms with van der Waals surface area (Å²) in [5.41, 5.74) is 1.44. The van der Waals surface area contributed by atoms with Crippen molar-refractivity contribution in [3.05, 3.63) is 71.2 Å². The zero-order chi connectivity index (χ0) is 27.3. The summed E-state index contributed by atoms with van der Waals surface area (Å²) in [5.74, 6) is 0.784. The van der Waals surface area contributed by atoms with Crippen LogP contribution in [0.4, 0.5) is 17.5 Å². The van der Waals surface area contributed by atoms with Crippen LogP contribution in [0, 0.1) is 0 Å². The molecule has 0 atom stereocenters. The van der Waals surface area contributed by atoms with Gasteiger partial charge in [0.05, 0.1) is 25.3 Å². The topological polar surface area (TPSA) is 106 Å². The van der Waals surface area contributed by atoms with Crippen molar-refractivity contribution in [1.82, 2.24) is 14.9 Å². The molecular formula is C28H32BrN5O4. The summed E-state index contributed by atoms with van der Waals surface area (Å²) in [6.45, 7) is 5.43. The SMILES string of the molecule is CC=CC=CC(=O)Nc1nc(Nc2cccc(Br)c2)c2ccc(OCCCN(C)CC(=O)OCC)cc2n1. The summed E-state index contributed by atoms with van der Waals surface area (Å²) in [4.78, 5) is 34.9. The smallest absolute Gasteiger partial charge is 0.320 e. The first-order chi connectivity index (χ1) is 18.4. The number of fused-ring (bicyclic) bond motifs is 1. The number of carbonyl (C=O) groups excluding carboxylic acids is 2. The number of anilines is 3. The Hall–Kier alpha value is -3.76. The number of amides is 1. The molecule has 0 saturated carbocycles. The normalized spacial score (nSPS) is 11.4. The molecule has 9 nitrogen and oxygen atoms in total. The monoisotopic (exact) mass is 581 g/mol. The van der Waals surface area contributed by atoms with Gasteiger partial charge in [0, 0.05) is 34.2 Å². The standard InChI is InChI=1S/C28H32BrN5O4/c1-4-6-7-12-25(35)32-28-31-24-18-22(38-16-9-15-34(3)19-26(36)37-5-2)13-14-23(24)27(33-28)30-21-11-8-10-20(29)17-21/h4,6-8,10-14,17-18H,5,9,15-16,19H2,1-3H3,(H2,30,31,32,33,35). The van der Waals surface area contributed by atoms with Gasteiger partial charge in [-0.25, -0.2) is 4.98 Å². The fraction of sp³-hybridized carbons (Fsp3) is 0.286. The Morgan fingerprint density at radius 1 is 1.13 bits per heavy atom. The number of carbonyl (C=O) groups is 2. The van der Waals surface area contributed by atoms with E-state index in [1.165, 1.54) is 6.08 Å². The van der Waals surface area contributed by atoms with E-state index in [0.717, 1.165) is 22.0 Å². The molecule has 200 valence electrons. The highest BCUT2D eigenvalue weighted by Crippen LogP contribution is 2.29. The number of aromatic nitrogens is 2. The number of hydrogen-bond acceptors (Lipinski definition) is 8. The molecule has 1 amide bonds. The molecular weight excluding hydrogens is 550 g/mol. The van der Waals surface area contributed by atoms with Crippen LogP contribution in [0.1, 0.15) is 20.3 Å². The van der Waals surface area contributed by atoms with Crippen molar-refractivity contribution in [2.45, 2.75) is 20.3 Å². The Labute approximate surface area is 231 Å². The summed E-state index contributed by atoms with van der Waals surface area (Å²) in [7, 11) is 1.87. The molecule has 0 aliphatic heterocycles. The van der Waals surface area contributed by atoms with Crippen molar-refractivity contribution in [3.8, 4) is 5.75 Å². The number of ether oxygens (including phenoxy) is 2. The van der Waals surface area contributed by atoms with Crippen LogP contribution in [-0.2, 0) is 14.3 Å². The maximum Gasteiger partial charge on any atom is 0.320 e. The first-order valence-electron chi connectivity index (χ1n) is 12.3. The Kier molecular flexibility index (Phi) is 11.3. The molecule has 38 heavy (non-hydrogen) atoms. The average molecular weight is 582 g/mol. The summed E-state index contributed by atoms with van der Waals surface area (Å²) < 4.78 is 11.8. The van der Waals surface area contributed by atoms with Crippen LogP contribution in [0.2, 0.25) is 0 Å². The molecule has 0 unspecified atom stereocenters. The second kappa shape index (κ2) is 14.8. The highest BCUT2D eigenvalue weighted by atomic mass is 79.9. The van der Waals surface area contributed by atoms with E-state index in [1.54, 1.807) is 19.1 Å². The van der Waals surface area contributed by atoms with Gasteiger partial charge in [-0.15, -0.1) is 0 Å². The highest BCUT2D eigenvalue weighted by Gasteiger charge is 2.12. The van der Waals surface area contributed by atoms with Gasteiger partial charge in [-0.2, -0.15) is 4.98 Å². The third-order valence-electron chi connectivity index (χ3n) is 5.20. The Balaban J connectivity index is 1.76. The van der Waals surface area contributed by atoms with Crippen molar-refractivity contribution >= 4 is 56.2 Å². The maximum atomic E-state index is 12.3. The molecule has 1 heterocycles.